The van der Waals surface area contributed by atoms with Crippen molar-refractivity contribution < 1.29 is 9.13 Å². The van der Waals surface area contributed by atoms with Crippen LogP contribution in [0.15, 0.2) is 0 Å². The molecule has 0 amide bonds. The molecule has 0 radical (unpaired) electrons. The summed E-state index contributed by atoms with van der Waals surface area (Å²) in [7, 11) is -4.46. The summed E-state index contributed by atoms with van der Waals surface area (Å²) in [5.41, 5.74) is 0. The van der Waals surface area contributed by atoms with Crippen molar-refractivity contribution in [1.29, 1.82) is 0 Å². The Morgan fingerprint density at radius 2 is 1.21 bits per heavy atom. The molecule has 0 N–H and O–H groups in total. The highest BCUT2D eigenvalue weighted by molar-refractivity contribution is 8.13. The maximum Gasteiger partial charge on any atom is 0.193 e. The lowest BCUT2D eigenvalue weighted by Crippen LogP contribution is -2.53. The molecule has 0 saturated carbocycles. The van der Waals surface area contributed by atoms with Gasteiger partial charge in [0.25, 0.3) is 0 Å². The maximum atomic E-state index is 12.6. The Balaban J connectivity index is 2.25. The van der Waals surface area contributed by atoms with Gasteiger partial charge in [0, 0.05) is 0 Å². The van der Waals surface area contributed by atoms with Gasteiger partial charge in [-0.15, -0.1) is 22.7 Å². The summed E-state index contributed by atoms with van der Waals surface area (Å²) >= 11 is 3.30. The van der Waals surface area contributed by atoms with Gasteiger partial charge in [0.1, 0.15) is 0 Å². The van der Waals surface area contributed by atoms with Crippen LogP contribution in [0.3, 0.4) is 0 Å². The van der Waals surface area contributed by atoms with Crippen LogP contribution in [0.2, 0.25) is 0 Å². The molecule has 14 heavy (non-hydrogen) atoms. The molecule has 8 heterocycles. The lowest BCUT2D eigenvalue weighted by Gasteiger charge is -2.33. The zero-order valence-corrected chi connectivity index (χ0v) is 9.95. The summed E-state index contributed by atoms with van der Waals surface area (Å²) in [5, 5.41) is 4.18. The third kappa shape index (κ3) is 0.287. The van der Waals surface area contributed by atoms with Gasteiger partial charge >= 0.3 is 0 Å². The van der Waals surface area contributed by atoms with E-state index in [0.29, 0.717) is 0 Å². The molecule has 2 nitrogen and oxygen atoms in total. The van der Waals surface area contributed by atoms with Gasteiger partial charge in [0.05, 0.1) is 40.2 Å². The number of hydrogen-bond acceptors (Lipinski definition) is 4. The van der Waals surface area contributed by atoms with Gasteiger partial charge in [-0.1, -0.05) is 0 Å². The van der Waals surface area contributed by atoms with Crippen LogP contribution in [0.5, 0.6) is 0 Å². The second-order valence-electron chi connectivity index (χ2n) is 4.09. The Morgan fingerprint density at radius 1 is 0.714 bits per heavy atom. The molecule has 6 bridgehead atoms. The minimum Gasteiger partial charge on any atom is -0.308 e. The molecule has 6 aliphatic rings. The molecule has 2 aromatic rings. The first kappa shape index (κ1) is 6.44. The van der Waals surface area contributed by atoms with Gasteiger partial charge < -0.3 is 9.13 Å². The van der Waals surface area contributed by atoms with E-state index in [4.69, 9.17) is 0 Å². The fourth-order valence-electron chi connectivity index (χ4n) is 3.09. The maximum absolute atomic E-state index is 12.6. The Bertz CT molecular complexity index is 834. The van der Waals surface area contributed by atoms with Crippen LogP contribution in [0.4, 0.5) is 0 Å². The number of hydrogen-bond donors (Lipinski definition) is 0. The van der Waals surface area contributed by atoms with E-state index in [9.17, 15) is 9.13 Å². The summed E-state index contributed by atoms with van der Waals surface area (Å²) in [5.74, 6) is 0. The third-order valence-electron chi connectivity index (χ3n) is 3.67. The normalized spacial score (nSPS) is 39.1. The van der Waals surface area contributed by atoms with E-state index >= 15 is 0 Å². The zero-order chi connectivity index (χ0) is 9.03. The first-order chi connectivity index (χ1) is 6.70. The molecule has 6 heteroatoms. The molecule has 0 aliphatic carbocycles. The van der Waals surface area contributed by atoms with Gasteiger partial charge in [-0.05, 0) is 0 Å². The minimum absolute atomic E-state index is 1.000. The Hall–Kier alpha value is -0.140. The Kier molecular flexibility index (Phi) is 0.581. The highest BCUT2D eigenvalue weighted by Crippen LogP contribution is 2.77. The minimum atomic E-state index is -2.26. The highest BCUT2D eigenvalue weighted by Gasteiger charge is 2.75. The van der Waals surface area contributed by atoms with Crippen LogP contribution < -0.4 is 30.5 Å². The van der Waals surface area contributed by atoms with E-state index in [0.717, 1.165) is 30.5 Å². The first-order valence-corrected chi connectivity index (χ1v) is 9.32. The molecule has 2 aromatic heterocycles. The predicted molar refractivity (Wildman–Crippen MR) is 60.6 cm³/mol. The summed E-state index contributed by atoms with van der Waals surface area (Å²) < 4.78 is 27.2. The van der Waals surface area contributed by atoms with E-state index in [-0.39, 0.29) is 0 Å². The quantitative estimate of drug-likeness (QED) is 0.358. The van der Waals surface area contributed by atoms with Crippen molar-refractivity contribution in [3.8, 4) is 9.75 Å². The average Bonchev–Trinajstić information content (AvgIpc) is 2.56. The number of thiophene rings is 2. The van der Waals surface area contributed by atoms with Crippen molar-refractivity contribution in [2.24, 2.45) is 0 Å². The van der Waals surface area contributed by atoms with Crippen LogP contribution in [0.1, 0.15) is 0 Å². The lowest BCUT2D eigenvalue weighted by atomic mass is 10.4. The summed E-state index contributed by atoms with van der Waals surface area (Å²) in [6.45, 7) is 0. The number of rotatable bonds is 0. The van der Waals surface area contributed by atoms with Gasteiger partial charge in [0.2, 0.25) is 0 Å². The Morgan fingerprint density at radius 3 is 1.79 bits per heavy atom. The fourth-order valence-corrected chi connectivity index (χ4v) is 17.7. The Labute approximate surface area is 86.3 Å². The molecule has 2 atom stereocenters. The van der Waals surface area contributed by atoms with Crippen molar-refractivity contribution in [1.82, 2.24) is 0 Å². The molecule has 6 aliphatic heterocycles. The van der Waals surface area contributed by atoms with Gasteiger partial charge in [0.15, 0.2) is 14.3 Å². The predicted octanol–water partition coefficient (Wildman–Crippen LogP) is 0.00900. The monoisotopic (exact) mass is 254 g/mol. The second kappa shape index (κ2) is 1.26. The average molecular weight is 254 g/mol. The molecular formula is C8O2P2S2. The van der Waals surface area contributed by atoms with Crippen molar-refractivity contribution in [2.75, 3.05) is 0 Å². The van der Waals surface area contributed by atoms with E-state index < -0.39 is 14.3 Å². The van der Waals surface area contributed by atoms with Crippen LogP contribution >= 0.6 is 37.0 Å². The van der Waals surface area contributed by atoms with Crippen molar-refractivity contribution in [3.05, 3.63) is 0 Å². The van der Waals surface area contributed by atoms with Crippen molar-refractivity contribution in [3.63, 3.8) is 0 Å². The second-order valence-corrected chi connectivity index (χ2v) is 11.9. The van der Waals surface area contributed by atoms with E-state index in [2.05, 4.69) is 0 Å². The molecule has 2 unspecified atom stereocenters. The molecule has 0 fully saturated rings. The summed E-state index contributed by atoms with van der Waals surface area (Å²) in [6, 6.07) is 0. The summed E-state index contributed by atoms with van der Waals surface area (Å²) in [4.78, 5) is 2.42. The fraction of sp³-hybridized carbons (Fsp3) is 0. The smallest absolute Gasteiger partial charge is 0.193 e. The van der Waals surface area contributed by atoms with Crippen molar-refractivity contribution >= 4 is 67.4 Å². The van der Waals surface area contributed by atoms with Crippen LogP contribution in [0.25, 0.3) is 9.75 Å². The standard InChI is InChI=1S/C8O2P2S2/c9-11-1-3(11)7-12(10)2-4(11)8(12)14-6(2)5(1)13-7. The lowest BCUT2D eigenvalue weighted by molar-refractivity contribution is 0.589. The molecule has 66 valence electrons. The van der Waals surface area contributed by atoms with E-state index in [1.165, 1.54) is 9.75 Å². The first-order valence-electron chi connectivity index (χ1n) is 4.27. The zero-order valence-electron chi connectivity index (χ0n) is 6.53. The van der Waals surface area contributed by atoms with Crippen molar-refractivity contribution in [2.45, 2.75) is 0 Å². The molecule has 0 spiro atoms. The third-order valence-corrected chi connectivity index (χ3v) is 14.7. The summed E-state index contributed by atoms with van der Waals surface area (Å²) in [6.07, 6.45) is 0. The molecule has 8 rings (SSSR count). The van der Waals surface area contributed by atoms with Gasteiger partial charge in [-0.25, -0.2) is 0 Å². The van der Waals surface area contributed by atoms with Gasteiger partial charge in [-0.3, -0.25) is 0 Å². The highest BCUT2D eigenvalue weighted by atomic mass is 32.1. The largest absolute Gasteiger partial charge is 0.308 e. The molecular weight excluding hydrogens is 254 g/mol. The van der Waals surface area contributed by atoms with E-state index in [1.807, 2.05) is 0 Å². The van der Waals surface area contributed by atoms with Crippen LogP contribution in [0, 0.1) is 0 Å². The molecule has 0 saturated heterocycles. The van der Waals surface area contributed by atoms with Crippen LogP contribution in [-0.2, 0) is 9.13 Å². The molecule has 0 aromatic carbocycles. The van der Waals surface area contributed by atoms with Crippen LogP contribution in [-0.4, -0.2) is 0 Å². The van der Waals surface area contributed by atoms with Gasteiger partial charge in [-0.2, -0.15) is 0 Å². The SMILES string of the molecule is O=P12c3sc4c1c3P1(=O)c3c-4sc2c31. The topological polar surface area (TPSA) is 34.1 Å². The van der Waals surface area contributed by atoms with E-state index in [1.54, 1.807) is 22.7 Å².